The molecule has 1 rings (SSSR count). The van der Waals surface area contributed by atoms with Gasteiger partial charge in [0.25, 0.3) is 0 Å². The first-order valence-corrected chi connectivity index (χ1v) is 7.54. The smallest absolute Gasteiger partial charge is 0.228 e. The van der Waals surface area contributed by atoms with E-state index in [2.05, 4.69) is 37.9 Å². The van der Waals surface area contributed by atoms with Gasteiger partial charge in [-0.05, 0) is 32.2 Å². The number of piperidine rings is 1. The molecule has 18 heavy (non-hydrogen) atoms. The summed E-state index contributed by atoms with van der Waals surface area (Å²) in [5.74, 6) is 0.319. The lowest BCUT2D eigenvalue weighted by Gasteiger charge is -2.35. The Kier molecular flexibility index (Phi) is 6.13. The van der Waals surface area contributed by atoms with Crippen LogP contribution < -0.4 is 5.32 Å². The molecular weight excluding hydrogens is 224 g/mol. The van der Waals surface area contributed by atoms with Gasteiger partial charge < -0.3 is 10.2 Å². The van der Waals surface area contributed by atoms with Gasteiger partial charge in [-0.25, -0.2) is 0 Å². The Morgan fingerprint density at radius 1 is 1.33 bits per heavy atom. The molecule has 1 heterocycles. The van der Waals surface area contributed by atoms with Gasteiger partial charge >= 0.3 is 0 Å². The summed E-state index contributed by atoms with van der Waals surface area (Å²) < 4.78 is 0. The van der Waals surface area contributed by atoms with Crippen molar-refractivity contribution >= 4 is 5.91 Å². The first-order chi connectivity index (χ1) is 8.51. The second kappa shape index (κ2) is 7.13. The molecular formula is C15H30N2O. The third-order valence-electron chi connectivity index (χ3n) is 4.10. The van der Waals surface area contributed by atoms with Crippen molar-refractivity contribution < 1.29 is 4.79 Å². The third kappa shape index (κ3) is 4.27. The first-order valence-electron chi connectivity index (χ1n) is 7.54. The van der Waals surface area contributed by atoms with E-state index >= 15 is 0 Å². The van der Waals surface area contributed by atoms with Gasteiger partial charge in [-0.3, -0.25) is 4.79 Å². The van der Waals surface area contributed by atoms with E-state index in [0.717, 1.165) is 32.5 Å². The Bertz CT molecular complexity index is 257. The zero-order valence-electron chi connectivity index (χ0n) is 12.6. The Morgan fingerprint density at radius 2 is 2.06 bits per heavy atom. The van der Waals surface area contributed by atoms with E-state index in [-0.39, 0.29) is 5.41 Å². The molecule has 1 fully saturated rings. The van der Waals surface area contributed by atoms with Gasteiger partial charge in [0.2, 0.25) is 5.91 Å². The number of amides is 1. The lowest BCUT2D eigenvalue weighted by atomic mass is 9.88. The fourth-order valence-electron chi connectivity index (χ4n) is 2.47. The molecule has 0 aliphatic carbocycles. The molecule has 1 aliphatic heterocycles. The predicted octanol–water partition coefficient (Wildman–Crippen LogP) is 2.80. The highest BCUT2D eigenvalue weighted by Crippen LogP contribution is 2.23. The quantitative estimate of drug-likeness (QED) is 0.790. The van der Waals surface area contributed by atoms with E-state index in [1.807, 2.05) is 0 Å². The van der Waals surface area contributed by atoms with Gasteiger partial charge in [0.1, 0.15) is 0 Å². The molecule has 1 aliphatic rings. The molecule has 3 nitrogen and oxygen atoms in total. The predicted molar refractivity (Wildman–Crippen MR) is 76.6 cm³/mol. The molecule has 0 aromatic heterocycles. The van der Waals surface area contributed by atoms with Crippen molar-refractivity contribution in [2.45, 2.75) is 65.8 Å². The van der Waals surface area contributed by atoms with Gasteiger partial charge in [-0.2, -0.15) is 0 Å². The Morgan fingerprint density at radius 3 is 2.56 bits per heavy atom. The second-order valence-corrected chi connectivity index (χ2v) is 6.14. The van der Waals surface area contributed by atoms with Gasteiger partial charge in [0, 0.05) is 24.5 Å². The molecule has 1 unspecified atom stereocenters. The highest BCUT2D eigenvalue weighted by atomic mass is 16.2. The Labute approximate surface area is 112 Å². The molecule has 0 aromatic rings. The zero-order chi connectivity index (χ0) is 13.6. The number of carbonyl (C=O) groups is 1. The number of nitrogens with one attached hydrogen (secondary N) is 1. The van der Waals surface area contributed by atoms with Gasteiger partial charge in [-0.1, -0.05) is 34.1 Å². The van der Waals surface area contributed by atoms with Crippen LogP contribution in [0, 0.1) is 5.41 Å². The number of nitrogens with zero attached hydrogens (tertiary/aromatic N) is 1. The summed E-state index contributed by atoms with van der Waals surface area (Å²) in [5, 5.41) is 3.54. The third-order valence-corrected chi connectivity index (χ3v) is 4.10. The normalized spacial score (nSPS) is 20.8. The van der Waals surface area contributed by atoms with Crippen LogP contribution in [0.5, 0.6) is 0 Å². The average Bonchev–Trinajstić information content (AvgIpc) is 2.38. The molecule has 1 amide bonds. The lowest BCUT2D eigenvalue weighted by Crippen LogP contribution is -2.49. The Balaban J connectivity index is 2.60. The standard InChI is InChI=1S/C15H30N2O/c1-5-11-17(14(18)15(3,4)6-2)12-13-9-7-8-10-16-13/h13,16H,5-12H2,1-4H3. The summed E-state index contributed by atoms with van der Waals surface area (Å²) >= 11 is 0. The van der Waals surface area contributed by atoms with Crippen LogP contribution in [0.3, 0.4) is 0 Å². The number of hydrogen-bond donors (Lipinski definition) is 1. The molecule has 0 radical (unpaired) electrons. The summed E-state index contributed by atoms with van der Waals surface area (Å²) in [6.45, 7) is 11.2. The lowest BCUT2D eigenvalue weighted by molar-refractivity contribution is -0.141. The van der Waals surface area contributed by atoms with Crippen molar-refractivity contribution in [2.24, 2.45) is 5.41 Å². The fourth-order valence-corrected chi connectivity index (χ4v) is 2.47. The van der Waals surface area contributed by atoms with Crippen LogP contribution in [0.4, 0.5) is 0 Å². The van der Waals surface area contributed by atoms with Crippen molar-refractivity contribution in [3.05, 3.63) is 0 Å². The highest BCUT2D eigenvalue weighted by Gasteiger charge is 2.31. The average molecular weight is 254 g/mol. The molecule has 1 atom stereocenters. The van der Waals surface area contributed by atoms with E-state index in [1.54, 1.807) is 0 Å². The molecule has 106 valence electrons. The van der Waals surface area contributed by atoms with Gasteiger partial charge in [0.15, 0.2) is 0 Å². The minimum absolute atomic E-state index is 0.218. The van der Waals surface area contributed by atoms with Crippen molar-refractivity contribution in [2.75, 3.05) is 19.6 Å². The molecule has 0 spiro atoms. The second-order valence-electron chi connectivity index (χ2n) is 6.14. The van der Waals surface area contributed by atoms with Crippen molar-refractivity contribution in [3.63, 3.8) is 0 Å². The van der Waals surface area contributed by atoms with Crippen molar-refractivity contribution in [1.29, 1.82) is 0 Å². The van der Waals surface area contributed by atoms with Crippen molar-refractivity contribution in [3.8, 4) is 0 Å². The molecule has 1 saturated heterocycles. The molecule has 0 saturated carbocycles. The van der Waals surface area contributed by atoms with Crippen LogP contribution in [0.1, 0.15) is 59.8 Å². The molecule has 3 heteroatoms. The monoisotopic (exact) mass is 254 g/mol. The van der Waals surface area contributed by atoms with Crippen LogP contribution in [0.2, 0.25) is 0 Å². The Hall–Kier alpha value is -0.570. The van der Waals surface area contributed by atoms with Gasteiger partial charge in [-0.15, -0.1) is 0 Å². The largest absolute Gasteiger partial charge is 0.341 e. The molecule has 0 bridgehead atoms. The van der Waals surface area contributed by atoms with E-state index in [1.165, 1.54) is 19.3 Å². The SMILES string of the molecule is CCCN(CC1CCCCN1)C(=O)C(C)(C)CC. The van der Waals surface area contributed by atoms with Crippen LogP contribution in [-0.4, -0.2) is 36.5 Å². The van der Waals surface area contributed by atoms with Crippen LogP contribution >= 0.6 is 0 Å². The maximum Gasteiger partial charge on any atom is 0.228 e. The maximum atomic E-state index is 12.6. The van der Waals surface area contributed by atoms with E-state index in [4.69, 9.17) is 0 Å². The van der Waals surface area contributed by atoms with E-state index < -0.39 is 0 Å². The minimum atomic E-state index is -0.218. The molecule has 0 aromatic carbocycles. The van der Waals surface area contributed by atoms with E-state index in [9.17, 15) is 4.79 Å². The number of carbonyl (C=O) groups excluding carboxylic acids is 1. The van der Waals surface area contributed by atoms with Crippen molar-refractivity contribution in [1.82, 2.24) is 10.2 Å². The summed E-state index contributed by atoms with van der Waals surface area (Å²) in [6, 6.07) is 0.502. The molecule has 1 N–H and O–H groups in total. The summed E-state index contributed by atoms with van der Waals surface area (Å²) in [4.78, 5) is 14.6. The topological polar surface area (TPSA) is 32.3 Å². The van der Waals surface area contributed by atoms with E-state index in [0.29, 0.717) is 11.9 Å². The first kappa shape index (κ1) is 15.5. The van der Waals surface area contributed by atoms with Gasteiger partial charge in [0.05, 0.1) is 0 Å². The summed E-state index contributed by atoms with van der Waals surface area (Å²) in [6.07, 6.45) is 5.73. The van der Waals surface area contributed by atoms with Crippen LogP contribution in [-0.2, 0) is 4.79 Å². The summed E-state index contributed by atoms with van der Waals surface area (Å²) in [5.41, 5.74) is -0.218. The zero-order valence-corrected chi connectivity index (χ0v) is 12.6. The minimum Gasteiger partial charge on any atom is -0.341 e. The van der Waals surface area contributed by atoms with Crippen LogP contribution in [0.15, 0.2) is 0 Å². The van der Waals surface area contributed by atoms with Crippen LogP contribution in [0.25, 0.3) is 0 Å². The highest BCUT2D eigenvalue weighted by molar-refractivity contribution is 5.81. The summed E-state index contributed by atoms with van der Waals surface area (Å²) in [7, 11) is 0. The number of hydrogen-bond acceptors (Lipinski definition) is 2. The fraction of sp³-hybridized carbons (Fsp3) is 0.933. The maximum absolute atomic E-state index is 12.6. The number of rotatable bonds is 6.